The predicted octanol–water partition coefficient (Wildman–Crippen LogP) is 2.66. The Hall–Kier alpha value is -3.23. The number of halogens is 1. The fourth-order valence-electron chi connectivity index (χ4n) is 2.24. The summed E-state index contributed by atoms with van der Waals surface area (Å²) in [6, 6.07) is 4.76. The summed E-state index contributed by atoms with van der Waals surface area (Å²) in [7, 11) is 0. The van der Waals surface area contributed by atoms with Gasteiger partial charge in [-0.25, -0.2) is 13.9 Å². The van der Waals surface area contributed by atoms with Gasteiger partial charge in [-0.2, -0.15) is 5.10 Å². The minimum Gasteiger partial charge on any atom is -0.508 e. The van der Waals surface area contributed by atoms with Crippen LogP contribution in [0.1, 0.15) is 18.5 Å². The number of rotatable bonds is 4. The maximum atomic E-state index is 13.3. The van der Waals surface area contributed by atoms with E-state index >= 15 is 0 Å². The van der Waals surface area contributed by atoms with Crippen LogP contribution in [-0.2, 0) is 0 Å². The van der Waals surface area contributed by atoms with E-state index in [0.29, 0.717) is 11.4 Å². The molecule has 2 aromatic heterocycles. The zero-order valence-corrected chi connectivity index (χ0v) is 12.0. The fourth-order valence-corrected chi connectivity index (χ4v) is 2.24. The number of aromatic nitrogens is 3. The lowest BCUT2D eigenvalue weighted by Gasteiger charge is -2.16. The molecule has 9 heteroatoms. The van der Waals surface area contributed by atoms with Gasteiger partial charge in [-0.15, -0.1) is 0 Å². The Labute approximate surface area is 129 Å². The Bertz CT molecular complexity index is 895. The molecule has 2 N–H and O–H groups in total. The standard InChI is InChI=1S/C14H12FN5O3/c1-8(10-6-9(15)2-3-12(10)21)17-13-4-5-19-14(18-13)11(7-16-19)20(22)23/h2-8,21H,1H3,(H,17,18)/t8-/m1/s1. The highest BCUT2D eigenvalue weighted by Gasteiger charge is 2.18. The van der Waals surface area contributed by atoms with Crippen LogP contribution in [0.4, 0.5) is 15.9 Å². The molecule has 0 bridgehead atoms. The molecule has 0 unspecified atom stereocenters. The number of benzene rings is 1. The molecule has 3 rings (SSSR count). The van der Waals surface area contributed by atoms with Crippen LogP contribution in [0, 0.1) is 15.9 Å². The molecule has 0 amide bonds. The van der Waals surface area contributed by atoms with Crippen molar-refractivity contribution < 1.29 is 14.4 Å². The SMILES string of the molecule is C[C@@H](Nc1ccn2ncc([N+](=O)[O-])c2n1)c1cc(F)ccc1O. The lowest BCUT2D eigenvalue weighted by Crippen LogP contribution is -2.09. The molecule has 2 heterocycles. The van der Waals surface area contributed by atoms with Crippen molar-refractivity contribution in [1.29, 1.82) is 0 Å². The Morgan fingerprint density at radius 1 is 1.43 bits per heavy atom. The van der Waals surface area contributed by atoms with E-state index < -0.39 is 16.8 Å². The summed E-state index contributed by atoms with van der Waals surface area (Å²) in [5, 5.41) is 27.6. The van der Waals surface area contributed by atoms with Crippen LogP contribution < -0.4 is 5.32 Å². The molecule has 0 aliphatic rings. The van der Waals surface area contributed by atoms with Crippen molar-refractivity contribution in [2.75, 3.05) is 5.32 Å². The van der Waals surface area contributed by atoms with E-state index in [1.807, 2.05) is 0 Å². The van der Waals surface area contributed by atoms with Gasteiger partial charge in [0.05, 0.1) is 11.0 Å². The van der Waals surface area contributed by atoms with Crippen LogP contribution in [0.2, 0.25) is 0 Å². The number of phenols is 1. The third-order valence-corrected chi connectivity index (χ3v) is 3.37. The molecule has 0 fully saturated rings. The second-order valence-electron chi connectivity index (χ2n) is 4.94. The van der Waals surface area contributed by atoms with Crippen LogP contribution in [0.15, 0.2) is 36.7 Å². The molecule has 118 valence electrons. The lowest BCUT2D eigenvalue weighted by molar-refractivity contribution is -0.383. The summed E-state index contributed by atoms with van der Waals surface area (Å²) < 4.78 is 14.6. The maximum Gasteiger partial charge on any atom is 0.333 e. The van der Waals surface area contributed by atoms with E-state index in [2.05, 4.69) is 15.4 Å². The maximum absolute atomic E-state index is 13.3. The summed E-state index contributed by atoms with van der Waals surface area (Å²) in [6.07, 6.45) is 2.64. The number of nitrogens with one attached hydrogen (secondary N) is 1. The number of aromatic hydroxyl groups is 1. The van der Waals surface area contributed by atoms with E-state index in [4.69, 9.17) is 0 Å². The van der Waals surface area contributed by atoms with Crippen LogP contribution in [-0.4, -0.2) is 24.6 Å². The number of hydrogen-bond acceptors (Lipinski definition) is 6. The number of phenolic OH excluding ortho intramolecular Hbond substituents is 1. The first kappa shape index (κ1) is 14.7. The third-order valence-electron chi connectivity index (χ3n) is 3.37. The minimum absolute atomic E-state index is 0.0530. The highest BCUT2D eigenvalue weighted by atomic mass is 19.1. The lowest BCUT2D eigenvalue weighted by atomic mass is 10.1. The van der Waals surface area contributed by atoms with Gasteiger partial charge in [0.25, 0.3) is 0 Å². The Morgan fingerprint density at radius 3 is 2.96 bits per heavy atom. The fraction of sp³-hybridized carbons (Fsp3) is 0.143. The monoisotopic (exact) mass is 317 g/mol. The van der Waals surface area contributed by atoms with Crippen LogP contribution in [0.25, 0.3) is 5.65 Å². The normalized spacial score (nSPS) is 12.3. The number of anilines is 1. The van der Waals surface area contributed by atoms with Gasteiger partial charge in [0.15, 0.2) is 0 Å². The molecule has 23 heavy (non-hydrogen) atoms. The van der Waals surface area contributed by atoms with Crippen molar-refractivity contribution in [2.24, 2.45) is 0 Å². The van der Waals surface area contributed by atoms with Crippen LogP contribution >= 0.6 is 0 Å². The van der Waals surface area contributed by atoms with Crippen molar-refractivity contribution in [3.05, 3.63) is 58.2 Å². The second-order valence-corrected chi connectivity index (χ2v) is 4.94. The average Bonchev–Trinajstić information content (AvgIpc) is 2.93. The second kappa shape index (κ2) is 5.52. The molecule has 8 nitrogen and oxygen atoms in total. The smallest absolute Gasteiger partial charge is 0.333 e. The van der Waals surface area contributed by atoms with E-state index in [0.717, 1.165) is 12.3 Å². The predicted molar refractivity (Wildman–Crippen MR) is 79.7 cm³/mol. The molecular formula is C14H12FN5O3. The highest BCUT2D eigenvalue weighted by molar-refractivity contribution is 5.61. The van der Waals surface area contributed by atoms with Crippen molar-refractivity contribution in [2.45, 2.75) is 13.0 Å². The summed E-state index contributed by atoms with van der Waals surface area (Å²) in [5.74, 6) is -0.179. The van der Waals surface area contributed by atoms with Gasteiger partial charge >= 0.3 is 5.69 Å². The zero-order chi connectivity index (χ0) is 16.6. The van der Waals surface area contributed by atoms with Gasteiger partial charge < -0.3 is 10.4 Å². The average molecular weight is 317 g/mol. The molecule has 0 aliphatic carbocycles. The minimum atomic E-state index is -0.569. The largest absolute Gasteiger partial charge is 0.508 e. The summed E-state index contributed by atoms with van der Waals surface area (Å²) in [5.41, 5.74) is 0.236. The van der Waals surface area contributed by atoms with E-state index in [9.17, 15) is 19.6 Å². The van der Waals surface area contributed by atoms with Crippen LogP contribution in [0.5, 0.6) is 5.75 Å². The van der Waals surface area contributed by atoms with Gasteiger partial charge in [0, 0.05) is 11.8 Å². The zero-order valence-electron chi connectivity index (χ0n) is 12.0. The molecule has 0 spiro atoms. The quantitative estimate of drug-likeness (QED) is 0.566. The van der Waals surface area contributed by atoms with Crippen molar-refractivity contribution >= 4 is 17.2 Å². The van der Waals surface area contributed by atoms with Crippen molar-refractivity contribution in [3.63, 3.8) is 0 Å². The molecule has 0 radical (unpaired) electrons. The first-order valence-corrected chi connectivity index (χ1v) is 6.69. The third kappa shape index (κ3) is 2.76. The van der Waals surface area contributed by atoms with Gasteiger partial charge in [-0.3, -0.25) is 10.1 Å². The number of nitrogens with zero attached hydrogens (tertiary/aromatic N) is 4. The molecule has 0 saturated heterocycles. The first-order valence-electron chi connectivity index (χ1n) is 6.69. The van der Waals surface area contributed by atoms with E-state index in [1.165, 1.54) is 22.8 Å². The number of nitro groups is 1. The molecule has 3 aromatic rings. The summed E-state index contributed by atoms with van der Waals surface area (Å²) >= 11 is 0. The van der Waals surface area contributed by atoms with Crippen molar-refractivity contribution in [3.8, 4) is 5.75 Å². The number of hydrogen-bond donors (Lipinski definition) is 2. The molecule has 0 saturated carbocycles. The summed E-state index contributed by atoms with van der Waals surface area (Å²) in [4.78, 5) is 14.5. The van der Waals surface area contributed by atoms with E-state index in [1.54, 1.807) is 13.0 Å². The molecular weight excluding hydrogens is 305 g/mol. The molecule has 0 aliphatic heterocycles. The first-order chi connectivity index (χ1) is 11.0. The van der Waals surface area contributed by atoms with Gasteiger partial charge in [-0.1, -0.05) is 0 Å². The van der Waals surface area contributed by atoms with Crippen molar-refractivity contribution in [1.82, 2.24) is 14.6 Å². The molecule has 1 atom stereocenters. The molecule has 1 aromatic carbocycles. The van der Waals surface area contributed by atoms with Gasteiger partial charge in [-0.05, 0) is 31.2 Å². The highest BCUT2D eigenvalue weighted by Crippen LogP contribution is 2.27. The number of fused-ring (bicyclic) bond motifs is 1. The Morgan fingerprint density at radius 2 is 2.22 bits per heavy atom. The van der Waals surface area contributed by atoms with E-state index in [-0.39, 0.29) is 17.1 Å². The topological polar surface area (TPSA) is 106 Å². The Kier molecular flexibility index (Phi) is 3.53. The van der Waals surface area contributed by atoms with Crippen LogP contribution in [0.3, 0.4) is 0 Å². The van der Waals surface area contributed by atoms with Gasteiger partial charge in [0.1, 0.15) is 23.6 Å². The Balaban J connectivity index is 1.93. The summed E-state index contributed by atoms with van der Waals surface area (Å²) in [6.45, 7) is 1.71. The van der Waals surface area contributed by atoms with Gasteiger partial charge in [0.2, 0.25) is 5.65 Å².